The van der Waals surface area contributed by atoms with Crippen LogP contribution < -0.4 is 0 Å². The van der Waals surface area contributed by atoms with Crippen LogP contribution in [-0.2, 0) is 0 Å². The molecule has 0 bridgehead atoms. The Labute approximate surface area is 299 Å². The average molecular weight is 665 g/mol. The maximum atomic E-state index is 9.55. The predicted octanol–water partition coefficient (Wildman–Crippen LogP) is 12.0. The summed E-state index contributed by atoms with van der Waals surface area (Å²) in [4.78, 5) is 10.2. The number of nitriles is 1. The van der Waals surface area contributed by atoms with Gasteiger partial charge in [0.1, 0.15) is 11.2 Å². The second-order valence-electron chi connectivity index (χ2n) is 13.0. The molecule has 5 nitrogen and oxygen atoms in total. The van der Waals surface area contributed by atoms with Crippen molar-refractivity contribution in [3.05, 3.63) is 175 Å². The Hall–Kier alpha value is -7.29. The minimum Gasteiger partial charge on any atom is -0.456 e. The monoisotopic (exact) mass is 664 g/mol. The summed E-state index contributed by atoms with van der Waals surface area (Å²) in [5, 5.41) is 14.0. The van der Waals surface area contributed by atoms with Gasteiger partial charge in [-0.2, -0.15) is 5.26 Å². The maximum Gasteiger partial charge on any atom is 0.160 e. The molecule has 7 aromatic carbocycles. The fraction of sp³-hybridized carbons (Fsp3) is 0. The molecule has 0 unspecified atom stereocenters. The summed E-state index contributed by atoms with van der Waals surface area (Å²) >= 11 is 0. The smallest absolute Gasteiger partial charge is 0.160 e. The van der Waals surface area contributed by atoms with Gasteiger partial charge in [0.15, 0.2) is 5.82 Å². The molecule has 0 fully saturated rings. The van der Waals surface area contributed by atoms with E-state index < -0.39 is 0 Å². The lowest BCUT2D eigenvalue weighted by Gasteiger charge is -2.15. The molecule has 0 radical (unpaired) electrons. The van der Waals surface area contributed by atoms with Gasteiger partial charge in [-0.3, -0.25) is 0 Å². The van der Waals surface area contributed by atoms with Gasteiger partial charge >= 0.3 is 0 Å². The van der Waals surface area contributed by atoms with Gasteiger partial charge in [-0.1, -0.05) is 109 Å². The van der Waals surface area contributed by atoms with Crippen LogP contribution in [0.4, 0.5) is 0 Å². The van der Waals surface area contributed by atoms with Gasteiger partial charge in [0, 0.05) is 43.9 Å². The number of para-hydroxylation sites is 2. The van der Waals surface area contributed by atoms with E-state index in [0.29, 0.717) is 11.4 Å². The van der Waals surface area contributed by atoms with Gasteiger partial charge < -0.3 is 8.98 Å². The third kappa shape index (κ3) is 4.93. The first kappa shape index (κ1) is 29.6. The van der Waals surface area contributed by atoms with E-state index in [2.05, 4.69) is 95.6 Å². The summed E-state index contributed by atoms with van der Waals surface area (Å²) in [6.45, 7) is 0. The van der Waals surface area contributed by atoms with Crippen LogP contribution in [0, 0.1) is 11.3 Å². The standard InChI is InChI=1S/C47H28N4O/c48-29-30-19-21-31(22-20-30)34-23-35(42-28-41(32-11-3-1-4-12-32)49-47(50-42)33-13-5-2-6-14-33)25-36(24-34)51-43-17-9-7-15-37(43)39-27-46-40(26-44(39)51)38-16-8-10-18-45(38)52-46/h1-28H. The van der Waals surface area contributed by atoms with Crippen LogP contribution in [0.25, 0.3) is 94.5 Å². The highest BCUT2D eigenvalue weighted by atomic mass is 16.3. The van der Waals surface area contributed by atoms with Gasteiger partial charge in [-0.25, -0.2) is 9.97 Å². The molecule has 0 aliphatic carbocycles. The van der Waals surface area contributed by atoms with Crippen LogP contribution in [0.15, 0.2) is 174 Å². The number of aromatic nitrogens is 3. The largest absolute Gasteiger partial charge is 0.456 e. The van der Waals surface area contributed by atoms with Gasteiger partial charge in [-0.05, 0) is 71.8 Å². The highest BCUT2D eigenvalue weighted by Gasteiger charge is 2.19. The molecule has 0 saturated carbocycles. The molecule has 242 valence electrons. The Morgan fingerprint density at radius 3 is 1.87 bits per heavy atom. The van der Waals surface area contributed by atoms with E-state index in [4.69, 9.17) is 14.4 Å². The Bertz CT molecular complexity index is 2950. The Morgan fingerprint density at radius 2 is 1.10 bits per heavy atom. The van der Waals surface area contributed by atoms with Crippen molar-refractivity contribution >= 4 is 43.7 Å². The highest BCUT2D eigenvalue weighted by Crippen LogP contribution is 2.40. The molecule has 0 aliphatic rings. The molecule has 0 aliphatic heterocycles. The number of hydrogen-bond donors (Lipinski definition) is 0. The number of fused-ring (bicyclic) bond motifs is 6. The Kier molecular flexibility index (Phi) is 6.80. The summed E-state index contributed by atoms with van der Waals surface area (Å²) in [6.07, 6.45) is 0. The predicted molar refractivity (Wildman–Crippen MR) is 210 cm³/mol. The summed E-state index contributed by atoms with van der Waals surface area (Å²) in [7, 11) is 0. The third-order valence-electron chi connectivity index (χ3n) is 9.82. The van der Waals surface area contributed by atoms with Gasteiger partial charge in [-0.15, -0.1) is 0 Å². The zero-order valence-electron chi connectivity index (χ0n) is 27.9. The van der Waals surface area contributed by atoms with Gasteiger partial charge in [0.25, 0.3) is 0 Å². The SMILES string of the molecule is N#Cc1ccc(-c2cc(-c3cc(-c4ccccc4)nc(-c4ccccc4)n3)cc(-n3c4ccccc4c4cc5oc6ccccc6c5cc43)c2)cc1. The highest BCUT2D eigenvalue weighted by molar-refractivity contribution is 6.17. The molecular formula is C47H28N4O. The normalized spacial score (nSPS) is 11.4. The fourth-order valence-electron chi connectivity index (χ4n) is 7.33. The first-order valence-corrected chi connectivity index (χ1v) is 17.2. The van der Waals surface area contributed by atoms with Crippen molar-refractivity contribution in [2.75, 3.05) is 0 Å². The average Bonchev–Trinajstić information content (AvgIpc) is 3.75. The van der Waals surface area contributed by atoms with Crippen LogP contribution in [0.5, 0.6) is 0 Å². The molecule has 0 atom stereocenters. The van der Waals surface area contributed by atoms with Crippen LogP contribution in [-0.4, -0.2) is 14.5 Å². The molecule has 0 spiro atoms. The number of nitrogens with zero attached hydrogens (tertiary/aromatic N) is 4. The van der Waals surface area contributed by atoms with E-state index in [1.807, 2.05) is 84.9 Å². The molecule has 52 heavy (non-hydrogen) atoms. The minimum absolute atomic E-state index is 0.620. The van der Waals surface area contributed by atoms with Crippen molar-refractivity contribution in [3.8, 4) is 56.8 Å². The molecule has 10 rings (SSSR count). The zero-order valence-corrected chi connectivity index (χ0v) is 27.9. The molecule has 3 heterocycles. The lowest BCUT2D eigenvalue weighted by Crippen LogP contribution is -1.99. The quantitative estimate of drug-likeness (QED) is 0.184. The Balaban J connectivity index is 1.27. The van der Waals surface area contributed by atoms with E-state index >= 15 is 0 Å². The van der Waals surface area contributed by atoms with E-state index in [-0.39, 0.29) is 0 Å². The first-order valence-electron chi connectivity index (χ1n) is 17.2. The van der Waals surface area contributed by atoms with E-state index in [9.17, 15) is 5.26 Å². The van der Waals surface area contributed by atoms with Crippen LogP contribution in [0.3, 0.4) is 0 Å². The van der Waals surface area contributed by atoms with Crippen molar-refractivity contribution in [1.82, 2.24) is 14.5 Å². The molecule has 3 aromatic heterocycles. The number of furan rings is 1. The van der Waals surface area contributed by atoms with E-state index in [1.54, 1.807) is 0 Å². The van der Waals surface area contributed by atoms with E-state index in [0.717, 1.165) is 88.6 Å². The van der Waals surface area contributed by atoms with Crippen LogP contribution in [0.2, 0.25) is 0 Å². The summed E-state index contributed by atoms with van der Waals surface area (Å²) in [5.74, 6) is 0.661. The molecule has 10 aromatic rings. The first-order chi connectivity index (χ1) is 25.7. The Morgan fingerprint density at radius 1 is 0.442 bits per heavy atom. The van der Waals surface area contributed by atoms with Crippen LogP contribution >= 0.6 is 0 Å². The molecular weight excluding hydrogens is 637 g/mol. The minimum atomic E-state index is 0.620. The maximum absolute atomic E-state index is 9.55. The second kappa shape index (κ2) is 11.9. The molecule has 0 amide bonds. The summed E-state index contributed by atoms with van der Waals surface area (Å²) in [6, 6.07) is 60.3. The molecule has 5 heteroatoms. The van der Waals surface area contributed by atoms with Gasteiger partial charge in [0.05, 0.1) is 34.1 Å². The van der Waals surface area contributed by atoms with Crippen molar-refractivity contribution < 1.29 is 4.42 Å². The summed E-state index contributed by atoms with van der Waals surface area (Å²) < 4.78 is 8.69. The molecule has 0 saturated heterocycles. The fourth-order valence-corrected chi connectivity index (χ4v) is 7.33. The number of rotatable bonds is 5. The third-order valence-corrected chi connectivity index (χ3v) is 9.82. The van der Waals surface area contributed by atoms with Crippen molar-refractivity contribution in [3.63, 3.8) is 0 Å². The summed E-state index contributed by atoms with van der Waals surface area (Å²) in [5.41, 5.74) is 12.1. The van der Waals surface area contributed by atoms with Gasteiger partial charge in [0.2, 0.25) is 0 Å². The molecule has 0 N–H and O–H groups in total. The van der Waals surface area contributed by atoms with Crippen molar-refractivity contribution in [1.29, 1.82) is 5.26 Å². The van der Waals surface area contributed by atoms with E-state index in [1.165, 1.54) is 0 Å². The zero-order chi connectivity index (χ0) is 34.6. The lowest BCUT2D eigenvalue weighted by molar-refractivity contribution is 0.669. The van der Waals surface area contributed by atoms with Crippen molar-refractivity contribution in [2.45, 2.75) is 0 Å². The topological polar surface area (TPSA) is 67.6 Å². The second-order valence-corrected chi connectivity index (χ2v) is 13.0. The van der Waals surface area contributed by atoms with Crippen LogP contribution in [0.1, 0.15) is 5.56 Å². The number of hydrogen-bond acceptors (Lipinski definition) is 4. The lowest BCUT2D eigenvalue weighted by atomic mass is 9.98. The number of benzene rings is 7. The van der Waals surface area contributed by atoms with Crippen molar-refractivity contribution in [2.24, 2.45) is 0 Å².